The van der Waals surface area contributed by atoms with E-state index < -0.39 is 0 Å². The lowest BCUT2D eigenvalue weighted by atomic mass is 10.0. The summed E-state index contributed by atoms with van der Waals surface area (Å²) in [5, 5.41) is 3.59. The second kappa shape index (κ2) is 5.80. The molecule has 0 amide bonds. The second-order valence-electron chi connectivity index (χ2n) is 5.82. The first-order valence-corrected chi connectivity index (χ1v) is 7.59. The highest BCUT2D eigenvalue weighted by Crippen LogP contribution is 2.25. The number of H-pyrrole nitrogens is 1. The lowest BCUT2D eigenvalue weighted by Crippen LogP contribution is -2.35. The SMILES string of the molecule is Cc1ccccc1-c1nc(CC2CCCCN2)[nH]c1C. The van der Waals surface area contributed by atoms with Gasteiger partial charge in [-0.1, -0.05) is 30.7 Å². The Morgan fingerprint density at radius 1 is 1.20 bits per heavy atom. The summed E-state index contributed by atoms with van der Waals surface area (Å²) in [5.74, 6) is 1.11. The Morgan fingerprint density at radius 3 is 2.80 bits per heavy atom. The van der Waals surface area contributed by atoms with Gasteiger partial charge in [-0.25, -0.2) is 4.98 Å². The average molecular weight is 269 g/mol. The molecule has 1 aliphatic rings. The first kappa shape index (κ1) is 13.4. The second-order valence-corrected chi connectivity index (χ2v) is 5.82. The molecule has 1 aromatic heterocycles. The molecular formula is C17H23N3. The van der Waals surface area contributed by atoms with Crippen molar-refractivity contribution in [3.8, 4) is 11.3 Å². The molecule has 0 spiro atoms. The van der Waals surface area contributed by atoms with Crippen LogP contribution in [0.25, 0.3) is 11.3 Å². The van der Waals surface area contributed by atoms with Crippen LogP contribution < -0.4 is 5.32 Å². The van der Waals surface area contributed by atoms with E-state index >= 15 is 0 Å². The van der Waals surface area contributed by atoms with Gasteiger partial charge in [0.2, 0.25) is 0 Å². The van der Waals surface area contributed by atoms with Crippen molar-refractivity contribution in [2.24, 2.45) is 0 Å². The molecule has 1 saturated heterocycles. The first-order valence-electron chi connectivity index (χ1n) is 7.59. The molecule has 3 rings (SSSR count). The molecule has 1 aliphatic heterocycles. The molecule has 106 valence electrons. The number of aryl methyl sites for hydroxylation is 2. The van der Waals surface area contributed by atoms with Crippen LogP contribution in [0.15, 0.2) is 24.3 Å². The van der Waals surface area contributed by atoms with Crippen LogP contribution in [0.3, 0.4) is 0 Å². The highest BCUT2D eigenvalue weighted by molar-refractivity contribution is 5.65. The quantitative estimate of drug-likeness (QED) is 0.897. The summed E-state index contributed by atoms with van der Waals surface area (Å²) < 4.78 is 0. The van der Waals surface area contributed by atoms with Gasteiger partial charge in [0.1, 0.15) is 5.82 Å². The Morgan fingerprint density at radius 2 is 2.05 bits per heavy atom. The summed E-state index contributed by atoms with van der Waals surface area (Å²) in [7, 11) is 0. The van der Waals surface area contributed by atoms with E-state index in [1.807, 2.05) is 0 Å². The van der Waals surface area contributed by atoms with Crippen LogP contribution in [0.1, 0.15) is 36.3 Å². The number of piperidine rings is 1. The number of aromatic nitrogens is 2. The van der Waals surface area contributed by atoms with Gasteiger partial charge >= 0.3 is 0 Å². The molecule has 3 heteroatoms. The Hall–Kier alpha value is -1.61. The number of rotatable bonds is 3. The molecule has 1 aromatic carbocycles. The molecule has 0 radical (unpaired) electrons. The zero-order valence-corrected chi connectivity index (χ0v) is 12.4. The van der Waals surface area contributed by atoms with Gasteiger partial charge in [0.05, 0.1) is 5.69 Å². The summed E-state index contributed by atoms with van der Waals surface area (Å²) >= 11 is 0. The molecule has 0 aliphatic carbocycles. The normalized spacial score (nSPS) is 19.2. The van der Waals surface area contributed by atoms with E-state index in [1.165, 1.54) is 36.1 Å². The number of hydrogen-bond acceptors (Lipinski definition) is 2. The van der Waals surface area contributed by atoms with Gasteiger partial charge in [-0.15, -0.1) is 0 Å². The lowest BCUT2D eigenvalue weighted by molar-refractivity contribution is 0.395. The summed E-state index contributed by atoms with van der Waals surface area (Å²) in [4.78, 5) is 8.31. The maximum Gasteiger partial charge on any atom is 0.108 e. The Balaban J connectivity index is 1.82. The van der Waals surface area contributed by atoms with Gasteiger partial charge in [-0.05, 0) is 38.8 Å². The predicted octanol–water partition coefficient (Wildman–Crippen LogP) is 3.38. The van der Waals surface area contributed by atoms with Crippen LogP contribution >= 0.6 is 0 Å². The van der Waals surface area contributed by atoms with Crippen LogP contribution in [0.5, 0.6) is 0 Å². The zero-order valence-electron chi connectivity index (χ0n) is 12.4. The molecule has 1 unspecified atom stereocenters. The van der Waals surface area contributed by atoms with E-state index in [0.717, 1.165) is 24.5 Å². The summed E-state index contributed by atoms with van der Waals surface area (Å²) in [6, 6.07) is 9.04. The standard InChI is InChI=1S/C17H23N3/c1-12-7-3-4-9-15(12)17-13(2)19-16(20-17)11-14-8-5-6-10-18-14/h3-4,7,9,14,18H,5-6,8,10-11H2,1-2H3,(H,19,20). The maximum atomic E-state index is 4.84. The molecule has 3 nitrogen and oxygen atoms in total. The fourth-order valence-electron chi connectivity index (χ4n) is 3.05. The third kappa shape index (κ3) is 2.78. The van der Waals surface area contributed by atoms with Crippen LogP contribution in [0.2, 0.25) is 0 Å². The van der Waals surface area contributed by atoms with Gasteiger partial charge in [-0.3, -0.25) is 0 Å². The minimum absolute atomic E-state index is 0.582. The minimum atomic E-state index is 0.582. The highest BCUT2D eigenvalue weighted by Gasteiger charge is 2.16. The largest absolute Gasteiger partial charge is 0.346 e. The number of imidazole rings is 1. The van der Waals surface area contributed by atoms with E-state index in [1.54, 1.807) is 0 Å². The van der Waals surface area contributed by atoms with Gasteiger partial charge in [0.15, 0.2) is 0 Å². The third-order valence-corrected chi connectivity index (χ3v) is 4.19. The maximum absolute atomic E-state index is 4.84. The van der Waals surface area contributed by atoms with Gasteiger partial charge < -0.3 is 10.3 Å². The van der Waals surface area contributed by atoms with E-state index in [0.29, 0.717) is 6.04 Å². The third-order valence-electron chi connectivity index (χ3n) is 4.19. The predicted molar refractivity (Wildman–Crippen MR) is 82.8 cm³/mol. The molecule has 1 atom stereocenters. The lowest BCUT2D eigenvalue weighted by Gasteiger charge is -2.22. The van der Waals surface area contributed by atoms with Crippen LogP contribution in [0.4, 0.5) is 0 Å². The zero-order chi connectivity index (χ0) is 13.9. The Kier molecular flexibility index (Phi) is 3.88. The summed E-state index contributed by atoms with van der Waals surface area (Å²) in [5.41, 5.74) is 4.80. The van der Waals surface area contributed by atoms with Crippen LogP contribution in [-0.4, -0.2) is 22.6 Å². The Bertz CT molecular complexity index is 580. The summed E-state index contributed by atoms with van der Waals surface area (Å²) in [6.07, 6.45) is 4.91. The van der Waals surface area contributed by atoms with Crippen molar-refractivity contribution in [2.45, 2.75) is 45.6 Å². The van der Waals surface area contributed by atoms with Crippen LogP contribution in [-0.2, 0) is 6.42 Å². The molecule has 2 aromatic rings. The molecule has 0 saturated carbocycles. The van der Waals surface area contributed by atoms with E-state index in [-0.39, 0.29) is 0 Å². The molecular weight excluding hydrogens is 246 g/mol. The molecule has 0 bridgehead atoms. The van der Waals surface area contributed by atoms with Crippen molar-refractivity contribution < 1.29 is 0 Å². The topological polar surface area (TPSA) is 40.7 Å². The number of aromatic amines is 1. The van der Waals surface area contributed by atoms with Crippen molar-refractivity contribution in [3.63, 3.8) is 0 Å². The first-order chi connectivity index (χ1) is 9.74. The average Bonchev–Trinajstić information content (AvgIpc) is 2.81. The monoisotopic (exact) mass is 269 g/mol. The van der Waals surface area contributed by atoms with Crippen molar-refractivity contribution in [1.29, 1.82) is 0 Å². The Labute approximate surface area is 120 Å². The molecule has 2 heterocycles. The summed E-state index contributed by atoms with van der Waals surface area (Å²) in [6.45, 7) is 5.41. The molecule has 2 N–H and O–H groups in total. The fraction of sp³-hybridized carbons (Fsp3) is 0.471. The van der Waals surface area contributed by atoms with Crippen molar-refractivity contribution in [1.82, 2.24) is 15.3 Å². The minimum Gasteiger partial charge on any atom is -0.346 e. The van der Waals surface area contributed by atoms with E-state index in [4.69, 9.17) is 4.98 Å². The van der Waals surface area contributed by atoms with Gasteiger partial charge in [0, 0.05) is 23.7 Å². The number of nitrogens with one attached hydrogen (secondary N) is 2. The molecule has 20 heavy (non-hydrogen) atoms. The van der Waals surface area contributed by atoms with E-state index in [9.17, 15) is 0 Å². The smallest absolute Gasteiger partial charge is 0.108 e. The van der Waals surface area contributed by atoms with Crippen molar-refractivity contribution in [3.05, 3.63) is 41.3 Å². The van der Waals surface area contributed by atoms with Crippen LogP contribution in [0, 0.1) is 13.8 Å². The van der Waals surface area contributed by atoms with Gasteiger partial charge in [0.25, 0.3) is 0 Å². The number of hydrogen-bond donors (Lipinski definition) is 2. The fourth-order valence-corrected chi connectivity index (χ4v) is 3.05. The van der Waals surface area contributed by atoms with E-state index in [2.05, 4.69) is 48.4 Å². The van der Waals surface area contributed by atoms with Crippen molar-refractivity contribution >= 4 is 0 Å². The number of benzene rings is 1. The van der Waals surface area contributed by atoms with Crippen molar-refractivity contribution in [2.75, 3.05) is 6.54 Å². The van der Waals surface area contributed by atoms with Gasteiger partial charge in [-0.2, -0.15) is 0 Å². The molecule has 1 fully saturated rings. The number of nitrogens with zero attached hydrogens (tertiary/aromatic N) is 1. The highest BCUT2D eigenvalue weighted by atomic mass is 15.0.